The van der Waals surface area contributed by atoms with E-state index in [-0.39, 0.29) is 5.41 Å². The Labute approximate surface area is 237 Å². The number of benzene rings is 2. The lowest BCUT2D eigenvalue weighted by atomic mass is 9.74. The van der Waals surface area contributed by atoms with Crippen LogP contribution in [0.15, 0.2) is 75.2 Å². The van der Waals surface area contributed by atoms with Crippen LogP contribution in [0.1, 0.15) is 29.3 Å². The third-order valence-corrected chi connectivity index (χ3v) is 9.25. The van der Waals surface area contributed by atoms with Gasteiger partial charge in [0.25, 0.3) is 0 Å². The summed E-state index contributed by atoms with van der Waals surface area (Å²) in [5.41, 5.74) is 4.35. The van der Waals surface area contributed by atoms with E-state index in [1.807, 2.05) is 35.9 Å². The highest BCUT2D eigenvalue weighted by atomic mass is 32.5. The van der Waals surface area contributed by atoms with Crippen LogP contribution >= 0.6 is 10.2 Å². The zero-order valence-corrected chi connectivity index (χ0v) is 23.5. The number of nitrogens with zero attached hydrogens (tertiary/aromatic N) is 6. The summed E-state index contributed by atoms with van der Waals surface area (Å²) in [6.07, 6.45) is 7.99. The molecule has 0 saturated carbocycles. The van der Waals surface area contributed by atoms with Crippen molar-refractivity contribution in [2.45, 2.75) is 24.3 Å². The summed E-state index contributed by atoms with van der Waals surface area (Å²) in [6.45, 7) is 3.91. The van der Waals surface area contributed by atoms with E-state index in [0.29, 0.717) is 61.8 Å². The van der Waals surface area contributed by atoms with Gasteiger partial charge in [-0.2, -0.15) is 5.10 Å². The summed E-state index contributed by atoms with van der Waals surface area (Å²) in [4.78, 5) is 4.47. The van der Waals surface area contributed by atoms with E-state index >= 15 is 0 Å². The maximum absolute atomic E-state index is 13.4. The fourth-order valence-electron chi connectivity index (χ4n) is 6.06. The molecule has 0 N–H and O–H groups in total. The highest BCUT2D eigenvalue weighted by Gasteiger charge is 2.65. The summed E-state index contributed by atoms with van der Waals surface area (Å²) in [5, 5.41) is 11.4. The number of hydrazone groups is 1. The lowest BCUT2D eigenvalue weighted by Gasteiger charge is -2.54. The van der Waals surface area contributed by atoms with Gasteiger partial charge in [0, 0.05) is 25.2 Å². The average Bonchev–Trinajstić information content (AvgIpc) is 3.56. The number of ether oxygens (including phenoxy) is 1. The molecule has 0 amide bonds. The second kappa shape index (κ2) is 8.34. The number of hydrogen-bond donors (Lipinski definition) is 0. The van der Waals surface area contributed by atoms with Crippen LogP contribution in [0.5, 0.6) is 0 Å². The highest BCUT2D eigenvalue weighted by molar-refractivity contribution is 8.45. The van der Waals surface area contributed by atoms with E-state index in [1.165, 1.54) is 0 Å². The molecular formula is C28H27F5N6O2S. The van der Waals surface area contributed by atoms with E-state index in [1.54, 1.807) is 24.6 Å². The molecule has 2 aromatic heterocycles. The molecule has 42 heavy (non-hydrogen) atoms. The third kappa shape index (κ3) is 4.62. The van der Waals surface area contributed by atoms with Gasteiger partial charge in [-0.05, 0) is 54.3 Å². The van der Waals surface area contributed by atoms with Gasteiger partial charge < -0.3 is 18.7 Å². The predicted molar refractivity (Wildman–Crippen MR) is 149 cm³/mol. The average molecular weight is 607 g/mol. The van der Waals surface area contributed by atoms with Gasteiger partial charge in [-0.25, -0.2) is 4.98 Å². The molecule has 0 bridgehead atoms. The Morgan fingerprint density at radius 3 is 2.45 bits per heavy atom. The monoisotopic (exact) mass is 606 g/mol. The van der Waals surface area contributed by atoms with Crippen LogP contribution in [0.4, 0.5) is 19.4 Å². The fraction of sp³-hybridized carbons (Fsp3) is 0.321. The maximum atomic E-state index is 13.4. The highest BCUT2D eigenvalue weighted by Crippen LogP contribution is 3.02. The minimum Gasteiger partial charge on any atom is -0.380 e. The molecule has 2 saturated heterocycles. The molecule has 3 aliphatic rings. The van der Waals surface area contributed by atoms with Gasteiger partial charge in [-0.15, -0.1) is 0 Å². The van der Waals surface area contributed by atoms with Crippen molar-refractivity contribution < 1.29 is 28.7 Å². The Bertz CT molecular complexity index is 1780. The summed E-state index contributed by atoms with van der Waals surface area (Å²) < 4.78 is 80.1. The number of amidine groups is 1. The van der Waals surface area contributed by atoms with Crippen molar-refractivity contribution in [3.05, 3.63) is 77.5 Å². The first-order chi connectivity index (χ1) is 19.7. The Hall–Kier alpha value is -3.91. The Morgan fingerprint density at radius 2 is 1.81 bits per heavy atom. The lowest BCUT2D eigenvalue weighted by molar-refractivity contribution is -0.128. The maximum Gasteiger partial charge on any atom is 0.310 e. The number of likely N-dealkylation sites (N-methyl/N-ethyl adjacent to an activating group) is 1. The molecule has 2 fully saturated rings. The van der Waals surface area contributed by atoms with Gasteiger partial charge >= 0.3 is 10.2 Å². The zero-order chi connectivity index (χ0) is 29.6. The van der Waals surface area contributed by atoms with Crippen LogP contribution in [0.3, 0.4) is 0 Å². The van der Waals surface area contributed by atoms with Crippen molar-refractivity contribution in [1.82, 2.24) is 24.6 Å². The van der Waals surface area contributed by atoms with Crippen molar-refractivity contribution in [2.24, 2.45) is 10.5 Å². The van der Waals surface area contributed by atoms with Gasteiger partial charge in [-0.3, -0.25) is 5.01 Å². The molecule has 4 aromatic rings. The molecular weight excluding hydrogens is 579 g/mol. The van der Waals surface area contributed by atoms with E-state index in [0.717, 1.165) is 40.0 Å². The minimum atomic E-state index is -9.78. The Balaban J connectivity index is 1.29. The normalized spacial score (nSPS) is 23.0. The topological polar surface area (TPSA) is 71.9 Å². The first-order valence-electron chi connectivity index (χ1n) is 13.3. The zero-order valence-electron chi connectivity index (χ0n) is 22.7. The van der Waals surface area contributed by atoms with Crippen LogP contribution in [-0.2, 0) is 4.74 Å². The smallest absolute Gasteiger partial charge is 0.310 e. The molecule has 5 heterocycles. The lowest BCUT2D eigenvalue weighted by Crippen LogP contribution is -2.60. The Morgan fingerprint density at radius 1 is 1.05 bits per heavy atom. The van der Waals surface area contributed by atoms with Crippen LogP contribution in [-0.4, -0.2) is 63.8 Å². The van der Waals surface area contributed by atoms with Gasteiger partial charge in [0.15, 0.2) is 11.4 Å². The van der Waals surface area contributed by atoms with Crippen LogP contribution < -0.4 is 0 Å². The van der Waals surface area contributed by atoms with Crippen molar-refractivity contribution >= 4 is 33.1 Å². The van der Waals surface area contributed by atoms with Gasteiger partial charge in [-0.1, -0.05) is 42.8 Å². The number of piperidine rings is 1. The minimum absolute atomic E-state index is 0.204. The predicted octanol–water partition coefficient (Wildman–Crippen LogP) is 7.09. The van der Waals surface area contributed by atoms with Gasteiger partial charge in [0.2, 0.25) is 0 Å². The molecule has 1 atom stereocenters. The van der Waals surface area contributed by atoms with E-state index in [4.69, 9.17) is 14.4 Å². The number of rotatable bonds is 4. The SMILES string of the molecule is Cc1cn(-c2ccc(/C=C3\CC4(COC4)CN4C3=NN(C)CC4c3ccc(S(F)(F)(F)(F)F)cc3)c3cnoc23)cn1. The number of fused-ring (bicyclic) bond motifs is 2. The number of aryl methyl sites for hydroxylation is 1. The molecule has 2 aromatic carbocycles. The fourth-order valence-corrected chi connectivity index (χ4v) is 6.71. The summed E-state index contributed by atoms with van der Waals surface area (Å²) in [6, 6.07) is 6.76. The first-order valence-corrected chi connectivity index (χ1v) is 15.2. The van der Waals surface area contributed by atoms with E-state index < -0.39 is 21.2 Å². The molecule has 8 nitrogen and oxygen atoms in total. The molecule has 7 rings (SSSR count). The van der Waals surface area contributed by atoms with Crippen molar-refractivity contribution in [1.29, 1.82) is 0 Å². The number of hydrogen-bond acceptors (Lipinski definition) is 7. The quantitative estimate of drug-likeness (QED) is 0.231. The largest absolute Gasteiger partial charge is 0.380 e. The van der Waals surface area contributed by atoms with Crippen LogP contribution in [0.2, 0.25) is 0 Å². The van der Waals surface area contributed by atoms with Crippen LogP contribution in [0, 0.1) is 12.3 Å². The molecule has 1 unspecified atom stereocenters. The molecule has 3 aliphatic heterocycles. The molecule has 1 spiro atoms. The molecule has 0 aliphatic carbocycles. The van der Waals surface area contributed by atoms with Gasteiger partial charge in [0.05, 0.1) is 55.1 Å². The summed E-state index contributed by atoms with van der Waals surface area (Å²) in [7, 11) is -7.99. The summed E-state index contributed by atoms with van der Waals surface area (Å²) >= 11 is 0. The van der Waals surface area contributed by atoms with E-state index in [9.17, 15) is 19.4 Å². The van der Waals surface area contributed by atoms with Crippen LogP contribution in [0.25, 0.3) is 22.7 Å². The number of halogens is 5. The third-order valence-electron chi connectivity index (χ3n) is 8.09. The summed E-state index contributed by atoms with van der Waals surface area (Å²) in [5.74, 6) is 0.682. The van der Waals surface area contributed by atoms with Crippen molar-refractivity contribution in [3.63, 3.8) is 0 Å². The van der Waals surface area contributed by atoms with Crippen molar-refractivity contribution in [2.75, 3.05) is 33.4 Å². The molecule has 0 radical (unpaired) electrons. The standard InChI is InChI=1S/C28H27F5N6O2S/c1-18-12-38(17-34-18)24-8-5-20(23-11-35-41-26(23)24)9-21-10-28(15-40-16-28)14-39-25(13-37(2)36-27(21)39)19-3-6-22(7-4-19)42(29,30,31,32)33/h3-9,11-12,17,25H,10,13-16H2,1-2H3/b21-9+. The Kier molecular flexibility index (Phi) is 5.36. The number of aromatic nitrogens is 3. The molecule has 222 valence electrons. The van der Waals surface area contributed by atoms with Gasteiger partial charge in [0.1, 0.15) is 4.90 Å². The second-order valence-electron chi connectivity index (χ2n) is 11.4. The molecule has 14 heteroatoms. The van der Waals surface area contributed by atoms with Crippen molar-refractivity contribution in [3.8, 4) is 5.69 Å². The number of imidazole rings is 1. The van der Waals surface area contributed by atoms with E-state index in [2.05, 4.69) is 15.0 Å². The second-order valence-corrected chi connectivity index (χ2v) is 13.9. The first kappa shape index (κ1) is 27.0.